The number of rotatable bonds is 3. The van der Waals surface area contributed by atoms with E-state index < -0.39 is 11.7 Å². The molecular weight excluding hydrogens is 239 g/mol. The standard InChI is InChI=1S/C11H11FN4O2/c1-16-5-7(13)11(15-16)18-8-4-2-3-6(12)9(8)10(14)17/h2-5H,13H2,1H3,(H2,14,17). The van der Waals surface area contributed by atoms with E-state index in [1.54, 1.807) is 7.05 Å². The molecule has 0 atom stereocenters. The van der Waals surface area contributed by atoms with Crippen molar-refractivity contribution in [2.75, 3.05) is 5.73 Å². The lowest BCUT2D eigenvalue weighted by atomic mass is 10.2. The predicted molar refractivity (Wildman–Crippen MR) is 62.6 cm³/mol. The van der Waals surface area contributed by atoms with E-state index in [9.17, 15) is 9.18 Å². The second kappa shape index (κ2) is 4.36. The van der Waals surface area contributed by atoms with Gasteiger partial charge in [0.05, 0.1) is 6.20 Å². The van der Waals surface area contributed by atoms with Crippen LogP contribution in [-0.2, 0) is 7.05 Å². The number of carbonyl (C=O) groups is 1. The molecule has 18 heavy (non-hydrogen) atoms. The average Bonchev–Trinajstić information content (AvgIpc) is 2.57. The van der Waals surface area contributed by atoms with Gasteiger partial charge in [-0.15, -0.1) is 5.10 Å². The smallest absolute Gasteiger partial charge is 0.261 e. The van der Waals surface area contributed by atoms with Gasteiger partial charge in [0.1, 0.15) is 22.8 Å². The molecule has 1 amide bonds. The molecule has 7 heteroatoms. The second-order valence-corrected chi connectivity index (χ2v) is 3.64. The fourth-order valence-corrected chi connectivity index (χ4v) is 1.50. The highest BCUT2D eigenvalue weighted by Crippen LogP contribution is 2.29. The number of aryl methyl sites for hydroxylation is 1. The summed E-state index contributed by atoms with van der Waals surface area (Å²) in [5, 5.41) is 3.93. The lowest BCUT2D eigenvalue weighted by Crippen LogP contribution is -2.14. The van der Waals surface area contributed by atoms with E-state index >= 15 is 0 Å². The van der Waals surface area contributed by atoms with Crippen LogP contribution in [-0.4, -0.2) is 15.7 Å². The zero-order chi connectivity index (χ0) is 13.3. The Balaban J connectivity index is 2.43. The minimum absolute atomic E-state index is 0.0205. The minimum atomic E-state index is -0.919. The number of hydrogen-bond donors (Lipinski definition) is 2. The van der Waals surface area contributed by atoms with E-state index in [0.29, 0.717) is 0 Å². The molecule has 2 rings (SSSR count). The van der Waals surface area contributed by atoms with Crippen LogP contribution in [0.15, 0.2) is 24.4 Å². The zero-order valence-electron chi connectivity index (χ0n) is 9.55. The third-order valence-electron chi connectivity index (χ3n) is 2.25. The van der Waals surface area contributed by atoms with Gasteiger partial charge < -0.3 is 16.2 Å². The van der Waals surface area contributed by atoms with Gasteiger partial charge in [-0.3, -0.25) is 9.48 Å². The summed E-state index contributed by atoms with van der Waals surface area (Å²) < 4.78 is 20.2. The van der Waals surface area contributed by atoms with Crippen molar-refractivity contribution in [2.45, 2.75) is 0 Å². The maximum Gasteiger partial charge on any atom is 0.261 e. The summed E-state index contributed by atoms with van der Waals surface area (Å²) in [6, 6.07) is 3.93. The molecular formula is C11H11FN4O2. The van der Waals surface area contributed by atoms with Crippen molar-refractivity contribution in [1.29, 1.82) is 0 Å². The van der Waals surface area contributed by atoms with Crippen LogP contribution in [0.3, 0.4) is 0 Å². The summed E-state index contributed by atoms with van der Waals surface area (Å²) >= 11 is 0. The molecule has 0 aliphatic heterocycles. The molecule has 2 aromatic rings. The molecule has 6 nitrogen and oxygen atoms in total. The molecule has 0 aliphatic carbocycles. The molecule has 0 saturated carbocycles. The minimum Gasteiger partial charge on any atom is -0.435 e. The van der Waals surface area contributed by atoms with Gasteiger partial charge in [-0.1, -0.05) is 6.07 Å². The molecule has 0 fully saturated rings. The molecule has 0 spiro atoms. The van der Waals surface area contributed by atoms with Gasteiger partial charge in [0.25, 0.3) is 11.8 Å². The van der Waals surface area contributed by atoms with Crippen molar-refractivity contribution in [3.8, 4) is 11.6 Å². The van der Waals surface area contributed by atoms with E-state index in [-0.39, 0.29) is 22.9 Å². The van der Waals surface area contributed by atoms with Gasteiger partial charge in [-0.25, -0.2) is 4.39 Å². The monoisotopic (exact) mass is 250 g/mol. The average molecular weight is 250 g/mol. The number of ether oxygens (including phenoxy) is 1. The number of aromatic nitrogens is 2. The van der Waals surface area contributed by atoms with E-state index in [1.807, 2.05) is 0 Å². The Morgan fingerprint density at radius 3 is 2.78 bits per heavy atom. The Kier molecular flexibility index (Phi) is 2.88. The predicted octanol–water partition coefficient (Wildman–Crippen LogP) is 1.03. The van der Waals surface area contributed by atoms with Crippen molar-refractivity contribution in [3.63, 3.8) is 0 Å². The number of anilines is 1. The summed E-state index contributed by atoms with van der Waals surface area (Å²) in [7, 11) is 1.66. The van der Waals surface area contributed by atoms with Crippen LogP contribution < -0.4 is 16.2 Å². The summed E-state index contributed by atoms with van der Waals surface area (Å²) in [6.45, 7) is 0. The van der Waals surface area contributed by atoms with Crippen molar-refractivity contribution in [3.05, 3.63) is 35.8 Å². The second-order valence-electron chi connectivity index (χ2n) is 3.64. The largest absolute Gasteiger partial charge is 0.435 e. The number of hydrogen-bond acceptors (Lipinski definition) is 4. The van der Waals surface area contributed by atoms with Gasteiger partial charge >= 0.3 is 0 Å². The number of carbonyl (C=O) groups excluding carboxylic acids is 1. The van der Waals surface area contributed by atoms with Crippen LogP contribution in [0.2, 0.25) is 0 Å². The first-order valence-corrected chi connectivity index (χ1v) is 5.04. The van der Waals surface area contributed by atoms with Crippen LogP contribution in [0.25, 0.3) is 0 Å². The number of amides is 1. The van der Waals surface area contributed by atoms with Gasteiger partial charge in [0, 0.05) is 7.05 Å². The number of halogens is 1. The van der Waals surface area contributed by atoms with Gasteiger partial charge in [-0.05, 0) is 12.1 Å². The molecule has 0 aliphatic rings. The fourth-order valence-electron chi connectivity index (χ4n) is 1.50. The normalized spacial score (nSPS) is 10.3. The maximum atomic E-state index is 13.5. The summed E-state index contributed by atoms with van der Waals surface area (Å²) in [4.78, 5) is 11.2. The Morgan fingerprint density at radius 1 is 1.50 bits per heavy atom. The molecule has 0 unspecified atom stereocenters. The van der Waals surface area contributed by atoms with E-state index in [4.69, 9.17) is 16.2 Å². The van der Waals surface area contributed by atoms with Crippen molar-refractivity contribution in [2.24, 2.45) is 12.8 Å². The Bertz CT molecular complexity index is 609. The highest BCUT2D eigenvalue weighted by molar-refractivity contribution is 5.96. The molecule has 0 saturated heterocycles. The maximum absolute atomic E-state index is 13.5. The summed E-state index contributed by atoms with van der Waals surface area (Å²) in [6.07, 6.45) is 1.53. The quantitative estimate of drug-likeness (QED) is 0.850. The first-order valence-electron chi connectivity index (χ1n) is 5.04. The van der Waals surface area contributed by atoms with Crippen molar-refractivity contribution >= 4 is 11.6 Å². The topological polar surface area (TPSA) is 96.2 Å². The molecule has 1 aromatic heterocycles. The van der Waals surface area contributed by atoms with Crippen LogP contribution in [0, 0.1) is 5.82 Å². The van der Waals surface area contributed by atoms with Gasteiger partial charge in [0.2, 0.25) is 0 Å². The highest BCUT2D eigenvalue weighted by atomic mass is 19.1. The Labute approximate surface area is 102 Å². The summed E-state index contributed by atoms with van der Waals surface area (Å²) in [5.41, 5.74) is 10.7. The van der Waals surface area contributed by atoms with E-state index in [1.165, 1.54) is 23.0 Å². The summed E-state index contributed by atoms with van der Waals surface area (Å²) in [5.74, 6) is -1.61. The molecule has 0 bridgehead atoms. The SMILES string of the molecule is Cn1cc(N)c(Oc2cccc(F)c2C(N)=O)n1. The molecule has 0 radical (unpaired) electrons. The van der Waals surface area contributed by atoms with Crippen LogP contribution in [0.5, 0.6) is 11.6 Å². The number of nitrogens with zero attached hydrogens (tertiary/aromatic N) is 2. The van der Waals surface area contributed by atoms with E-state index in [2.05, 4.69) is 5.10 Å². The number of primary amides is 1. The Morgan fingerprint density at radius 2 is 2.22 bits per heavy atom. The third-order valence-corrected chi connectivity index (χ3v) is 2.25. The number of nitrogen functional groups attached to an aromatic ring is 1. The zero-order valence-corrected chi connectivity index (χ0v) is 9.55. The van der Waals surface area contributed by atoms with Crippen LogP contribution in [0.1, 0.15) is 10.4 Å². The van der Waals surface area contributed by atoms with Gasteiger partial charge in [-0.2, -0.15) is 0 Å². The van der Waals surface area contributed by atoms with Crippen LogP contribution in [0.4, 0.5) is 10.1 Å². The number of benzene rings is 1. The first kappa shape index (κ1) is 11.9. The van der Waals surface area contributed by atoms with Crippen molar-refractivity contribution < 1.29 is 13.9 Å². The van der Waals surface area contributed by atoms with Crippen molar-refractivity contribution in [1.82, 2.24) is 9.78 Å². The lowest BCUT2D eigenvalue weighted by Gasteiger charge is -2.07. The fraction of sp³-hybridized carbons (Fsp3) is 0.0909. The Hall–Kier alpha value is -2.57. The molecule has 1 heterocycles. The van der Waals surface area contributed by atoms with E-state index in [0.717, 1.165) is 6.07 Å². The van der Waals surface area contributed by atoms with Gasteiger partial charge in [0.15, 0.2) is 0 Å². The third kappa shape index (κ3) is 2.10. The highest BCUT2D eigenvalue weighted by Gasteiger charge is 2.17. The molecule has 4 N–H and O–H groups in total. The number of nitrogens with two attached hydrogens (primary N) is 2. The van der Waals surface area contributed by atoms with Crippen LogP contribution >= 0.6 is 0 Å². The molecule has 1 aromatic carbocycles. The first-order chi connectivity index (χ1) is 8.49. The molecule has 94 valence electrons. The lowest BCUT2D eigenvalue weighted by molar-refractivity contribution is 0.0994.